The highest BCUT2D eigenvalue weighted by molar-refractivity contribution is 6.04. The van der Waals surface area contributed by atoms with E-state index < -0.39 is 0 Å². The lowest BCUT2D eigenvalue weighted by Crippen LogP contribution is -2.28. The summed E-state index contributed by atoms with van der Waals surface area (Å²) in [5.41, 5.74) is 2.53. The Bertz CT molecular complexity index is 788. The van der Waals surface area contributed by atoms with E-state index in [0.717, 1.165) is 11.3 Å². The van der Waals surface area contributed by atoms with Crippen molar-refractivity contribution in [1.29, 1.82) is 0 Å². The molecule has 1 heterocycles. The molecule has 0 aromatic heterocycles. The van der Waals surface area contributed by atoms with Crippen LogP contribution in [-0.2, 0) is 9.59 Å². The van der Waals surface area contributed by atoms with Crippen LogP contribution in [0.2, 0.25) is 0 Å². The van der Waals surface area contributed by atoms with Gasteiger partial charge in [0, 0.05) is 18.7 Å². The van der Waals surface area contributed by atoms with Crippen LogP contribution in [0.15, 0.2) is 48.5 Å². The van der Waals surface area contributed by atoms with Gasteiger partial charge in [0.2, 0.25) is 11.8 Å². The van der Waals surface area contributed by atoms with Gasteiger partial charge in [-0.1, -0.05) is 30.3 Å². The van der Waals surface area contributed by atoms with E-state index in [9.17, 15) is 9.59 Å². The van der Waals surface area contributed by atoms with Crippen LogP contribution in [0.25, 0.3) is 0 Å². The quantitative estimate of drug-likeness (QED) is 0.909. The van der Waals surface area contributed by atoms with Crippen LogP contribution >= 0.6 is 0 Å². The van der Waals surface area contributed by atoms with Crippen LogP contribution in [0.3, 0.4) is 0 Å². The minimum absolute atomic E-state index is 0.0208. The number of ether oxygens (including phenoxy) is 1. The third kappa shape index (κ3) is 3.65. The van der Waals surface area contributed by atoms with E-state index in [1.54, 1.807) is 11.0 Å². The van der Waals surface area contributed by atoms with E-state index in [1.165, 1.54) is 0 Å². The summed E-state index contributed by atoms with van der Waals surface area (Å²) in [5, 5.41) is 2.90. The standard InChI is InChI=1S/C20H22N2O3/c1-3-25-18-11-7-5-9-16(18)21-20(24)15-12-19(23)22(13-15)17-10-6-4-8-14(17)2/h4-11,15H,3,12-13H2,1-2H3,(H,21,24)/t15-/m1/s1. The second-order valence-corrected chi connectivity index (χ2v) is 6.11. The lowest BCUT2D eigenvalue weighted by molar-refractivity contribution is -0.122. The van der Waals surface area contributed by atoms with E-state index in [2.05, 4.69) is 5.32 Å². The molecule has 130 valence electrons. The first-order valence-corrected chi connectivity index (χ1v) is 8.49. The molecule has 5 nitrogen and oxygen atoms in total. The molecule has 0 spiro atoms. The topological polar surface area (TPSA) is 58.6 Å². The fraction of sp³-hybridized carbons (Fsp3) is 0.300. The zero-order valence-corrected chi connectivity index (χ0v) is 14.5. The molecule has 1 fully saturated rings. The van der Waals surface area contributed by atoms with E-state index in [1.807, 2.05) is 56.3 Å². The van der Waals surface area contributed by atoms with Crippen LogP contribution in [0.5, 0.6) is 5.75 Å². The maximum Gasteiger partial charge on any atom is 0.229 e. The highest BCUT2D eigenvalue weighted by Crippen LogP contribution is 2.30. The summed E-state index contributed by atoms with van der Waals surface area (Å²) in [4.78, 5) is 26.7. The molecule has 0 bridgehead atoms. The maximum absolute atomic E-state index is 12.6. The van der Waals surface area contributed by atoms with Crippen molar-refractivity contribution in [1.82, 2.24) is 0 Å². The van der Waals surface area contributed by atoms with Gasteiger partial charge < -0.3 is 15.0 Å². The molecule has 0 unspecified atom stereocenters. The molecule has 1 aliphatic heterocycles. The van der Waals surface area contributed by atoms with Crippen molar-refractivity contribution in [3.05, 3.63) is 54.1 Å². The van der Waals surface area contributed by atoms with E-state index in [4.69, 9.17) is 4.74 Å². The molecule has 1 atom stereocenters. The summed E-state index contributed by atoms with van der Waals surface area (Å²) in [6.07, 6.45) is 0.219. The first kappa shape index (κ1) is 17.0. The zero-order valence-electron chi connectivity index (χ0n) is 14.5. The Hall–Kier alpha value is -2.82. The summed E-state index contributed by atoms with van der Waals surface area (Å²) < 4.78 is 5.54. The van der Waals surface area contributed by atoms with Crippen LogP contribution in [-0.4, -0.2) is 25.0 Å². The lowest BCUT2D eigenvalue weighted by Gasteiger charge is -2.19. The smallest absolute Gasteiger partial charge is 0.229 e. The molecular weight excluding hydrogens is 316 g/mol. The Morgan fingerprint density at radius 2 is 1.92 bits per heavy atom. The Kier molecular flexibility index (Phi) is 5.03. The molecule has 0 radical (unpaired) electrons. The summed E-state index contributed by atoms with van der Waals surface area (Å²) in [5.74, 6) is 0.0874. The number of anilines is 2. The number of nitrogens with one attached hydrogen (secondary N) is 1. The van der Waals surface area contributed by atoms with Gasteiger partial charge in [-0.3, -0.25) is 9.59 Å². The third-order valence-corrected chi connectivity index (χ3v) is 4.35. The monoisotopic (exact) mass is 338 g/mol. The zero-order chi connectivity index (χ0) is 17.8. The van der Waals surface area contributed by atoms with Crippen molar-refractivity contribution in [2.24, 2.45) is 5.92 Å². The molecule has 3 rings (SSSR count). The van der Waals surface area contributed by atoms with Crippen LogP contribution in [0.4, 0.5) is 11.4 Å². The van der Waals surface area contributed by atoms with Gasteiger partial charge in [-0.2, -0.15) is 0 Å². The number of carbonyl (C=O) groups is 2. The summed E-state index contributed by atoms with van der Waals surface area (Å²) in [7, 11) is 0. The van der Waals surface area contributed by atoms with Crippen molar-refractivity contribution >= 4 is 23.2 Å². The van der Waals surface area contributed by atoms with Crippen molar-refractivity contribution in [3.63, 3.8) is 0 Å². The van der Waals surface area contributed by atoms with Crippen molar-refractivity contribution in [2.75, 3.05) is 23.4 Å². The molecule has 5 heteroatoms. The van der Waals surface area contributed by atoms with Gasteiger partial charge in [-0.25, -0.2) is 0 Å². The van der Waals surface area contributed by atoms with Gasteiger partial charge in [0.25, 0.3) is 0 Å². The number of para-hydroxylation sites is 3. The van der Waals surface area contributed by atoms with Gasteiger partial charge in [-0.15, -0.1) is 0 Å². The SMILES string of the molecule is CCOc1ccccc1NC(=O)[C@@H]1CC(=O)N(c2ccccc2C)C1. The van der Waals surface area contributed by atoms with Gasteiger partial charge in [0.05, 0.1) is 18.2 Å². The Balaban J connectivity index is 1.72. The minimum atomic E-state index is -0.373. The molecule has 25 heavy (non-hydrogen) atoms. The number of amides is 2. The molecule has 1 N–H and O–H groups in total. The molecule has 1 aliphatic rings. The Labute approximate surface area is 147 Å². The first-order chi connectivity index (χ1) is 12.1. The lowest BCUT2D eigenvalue weighted by atomic mass is 10.1. The number of carbonyl (C=O) groups excluding carboxylic acids is 2. The predicted molar refractivity (Wildman–Crippen MR) is 97.9 cm³/mol. The molecule has 2 amide bonds. The summed E-state index contributed by atoms with van der Waals surface area (Å²) in [6.45, 7) is 4.78. The Morgan fingerprint density at radius 1 is 1.20 bits per heavy atom. The average Bonchev–Trinajstić information content (AvgIpc) is 2.99. The van der Waals surface area contributed by atoms with E-state index in [0.29, 0.717) is 24.6 Å². The summed E-state index contributed by atoms with van der Waals surface area (Å²) >= 11 is 0. The minimum Gasteiger partial charge on any atom is -0.492 e. The molecular formula is C20H22N2O3. The maximum atomic E-state index is 12.6. The number of rotatable bonds is 5. The molecule has 0 aliphatic carbocycles. The number of nitrogens with zero attached hydrogens (tertiary/aromatic N) is 1. The van der Waals surface area contributed by atoms with Crippen molar-refractivity contribution in [3.8, 4) is 5.75 Å². The molecule has 2 aromatic carbocycles. The van der Waals surface area contributed by atoms with Gasteiger partial charge in [-0.05, 0) is 37.6 Å². The fourth-order valence-corrected chi connectivity index (χ4v) is 3.07. The molecule has 1 saturated heterocycles. The highest BCUT2D eigenvalue weighted by Gasteiger charge is 2.35. The highest BCUT2D eigenvalue weighted by atomic mass is 16.5. The third-order valence-electron chi connectivity index (χ3n) is 4.35. The van der Waals surface area contributed by atoms with Gasteiger partial charge >= 0.3 is 0 Å². The molecule has 2 aromatic rings. The normalized spacial score (nSPS) is 16.8. The van der Waals surface area contributed by atoms with Crippen LogP contribution in [0.1, 0.15) is 18.9 Å². The van der Waals surface area contributed by atoms with E-state index >= 15 is 0 Å². The van der Waals surface area contributed by atoms with Gasteiger partial charge in [0.1, 0.15) is 5.75 Å². The largest absolute Gasteiger partial charge is 0.492 e. The van der Waals surface area contributed by atoms with Crippen molar-refractivity contribution in [2.45, 2.75) is 20.3 Å². The van der Waals surface area contributed by atoms with Crippen LogP contribution < -0.4 is 15.0 Å². The summed E-state index contributed by atoms with van der Waals surface area (Å²) in [6, 6.07) is 15.1. The molecule has 0 saturated carbocycles. The number of hydrogen-bond donors (Lipinski definition) is 1. The Morgan fingerprint density at radius 3 is 2.68 bits per heavy atom. The second kappa shape index (κ2) is 7.38. The van der Waals surface area contributed by atoms with E-state index in [-0.39, 0.29) is 24.2 Å². The first-order valence-electron chi connectivity index (χ1n) is 8.49. The number of benzene rings is 2. The average molecular weight is 338 g/mol. The predicted octanol–water partition coefficient (Wildman–Crippen LogP) is 3.39. The second-order valence-electron chi connectivity index (χ2n) is 6.11. The fourth-order valence-electron chi connectivity index (χ4n) is 3.07. The number of hydrogen-bond acceptors (Lipinski definition) is 3. The van der Waals surface area contributed by atoms with Gasteiger partial charge in [0.15, 0.2) is 0 Å². The van der Waals surface area contributed by atoms with Crippen molar-refractivity contribution < 1.29 is 14.3 Å². The van der Waals surface area contributed by atoms with Crippen LogP contribution in [0, 0.1) is 12.8 Å². The number of aryl methyl sites for hydroxylation is 1.